The van der Waals surface area contributed by atoms with Gasteiger partial charge < -0.3 is 20.1 Å². The van der Waals surface area contributed by atoms with Crippen molar-refractivity contribution in [3.8, 4) is 11.5 Å². The molecule has 0 amide bonds. The summed E-state index contributed by atoms with van der Waals surface area (Å²) in [5.41, 5.74) is 2.78. The summed E-state index contributed by atoms with van der Waals surface area (Å²) in [4.78, 5) is 5.04. The first kappa shape index (κ1) is 22.2. The SMILES string of the molecule is COc1ccc(NC(=NC(C)(C)C)C(Nc2ccc(OC)cc2)c2ccccc2)cc1. The predicted molar refractivity (Wildman–Crippen MR) is 130 cm³/mol. The average Bonchev–Trinajstić information content (AvgIpc) is 2.77. The number of amidine groups is 1. The fourth-order valence-corrected chi connectivity index (χ4v) is 3.16. The van der Waals surface area contributed by atoms with E-state index in [1.54, 1.807) is 14.2 Å². The van der Waals surface area contributed by atoms with E-state index in [1.165, 1.54) is 0 Å². The number of methoxy groups -OCH3 is 2. The monoisotopic (exact) mass is 417 g/mol. The van der Waals surface area contributed by atoms with Gasteiger partial charge in [-0.1, -0.05) is 30.3 Å². The van der Waals surface area contributed by atoms with Crippen LogP contribution in [0.4, 0.5) is 11.4 Å². The number of nitrogens with one attached hydrogen (secondary N) is 2. The molecule has 0 aliphatic rings. The van der Waals surface area contributed by atoms with Gasteiger partial charge in [0.1, 0.15) is 23.4 Å². The zero-order valence-corrected chi connectivity index (χ0v) is 18.8. The fraction of sp³-hybridized carbons (Fsp3) is 0.269. The van der Waals surface area contributed by atoms with Gasteiger partial charge in [0.25, 0.3) is 0 Å². The van der Waals surface area contributed by atoms with Crippen molar-refractivity contribution in [3.63, 3.8) is 0 Å². The Bertz CT molecular complexity index is 976. The van der Waals surface area contributed by atoms with E-state index in [2.05, 4.69) is 43.5 Å². The molecule has 5 nitrogen and oxygen atoms in total. The minimum Gasteiger partial charge on any atom is -0.497 e. The van der Waals surface area contributed by atoms with Crippen molar-refractivity contribution in [2.24, 2.45) is 4.99 Å². The van der Waals surface area contributed by atoms with Crippen molar-refractivity contribution in [1.29, 1.82) is 0 Å². The van der Waals surface area contributed by atoms with Crippen LogP contribution in [0.2, 0.25) is 0 Å². The molecule has 0 aliphatic carbocycles. The van der Waals surface area contributed by atoms with Crippen LogP contribution < -0.4 is 20.1 Å². The summed E-state index contributed by atoms with van der Waals surface area (Å²) in [6.07, 6.45) is 0. The van der Waals surface area contributed by atoms with Gasteiger partial charge in [0, 0.05) is 11.4 Å². The van der Waals surface area contributed by atoms with Gasteiger partial charge in [0.2, 0.25) is 0 Å². The van der Waals surface area contributed by atoms with Crippen LogP contribution in [0.1, 0.15) is 32.4 Å². The Hall–Kier alpha value is -3.47. The van der Waals surface area contributed by atoms with Crippen molar-refractivity contribution < 1.29 is 9.47 Å². The van der Waals surface area contributed by atoms with Crippen molar-refractivity contribution in [3.05, 3.63) is 84.4 Å². The lowest BCUT2D eigenvalue weighted by molar-refractivity contribution is 0.415. The molecule has 0 aromatic heterocycles. The molecule has 3 aromatic rings. The van der Waals surface area contributed by atoms with Gasteiger partial charge in [-0.3, -0.25) is 4.99 Å². The number of rotatable bonds is 7. The molecule has 0 radical (unpaired) electrons. The average molecular weight is 418 g/mol. The van der Waals surface area contributed by atoms with E-state index in [1.807, 2.05) is 66.7 Å². The molecule has 162 valence electrons. The van der Waals surface area contributed by atoms with Crippen LogP contribution in [0.5, 0.6) is 11.5 Å². The summed E-state index contributed by atoms with van der Waals surface area (Å²) in [6, 6.07) is 25.9. The van der Waals surface area contributed by atoms with Crippen LogP contribution in [0.15, 0.2) is 83.9 Å². The first-order valence-corrected chi connectivity index (χ1v) is 10.3. The van der Waals surface area contributed by atoms with E-state index in [9.17, 15) is 0 Å². The van der Waals surface area contributed by atoms with Gasteiger partial charge >= 0.3 is 0 Å². The molecule has 2 N–H and O–H groups in total. The molecule has 5 heteroatoms. The first-order valence-electron chi connectivity index (χ1n) is 10.3. The number of hydrogen-bond acceptors (Lipinski definition) is 4. The first-order chi connectivity index (χ1) is 14.9. The minimum absolute atomic E-state index is 0.170. The summed E-state index contributed by atoms with van der Waals surface area (Å²) < 4.78 is 10.6. The van der Waals surface area contributed by atoms with Crippen molar-refractivity contribution >= 4 is 17.2 Å². The third kappa shape index (κ3) is 6.51. The van der Waals surface area contributed by atoms with Crippen LogP contribution in [0.3, 0.4) is 0 Å². The summed E-state index contributed by atoms with van der Waals surface area (Å²) in [5, 5.41) is 7.17. The highest BCUT2D eigenvalue weighted by Crippen LogP contribution is 2.26. The third-order valence-corrected chi connectivity index (χ3v) is 4.63. The highest BCUT2D eigenvalue weighted by molar-refractivity contribution is 6.01. The van der Waals surface area contributed by atoms with Crippen LogP contribution >= 0.6 is 0 Å². The van der Waals surface area contributed by atoms with Gasteiger partial charge in [-0.15, -0.1) is 0 Å². The lowest BCUT2D eigenvalue weighted by Crippen LogP contribution is -2.30. The smallest absolute Gasteiger partial charge is 0.129 e. The standard InChI is InChI=1S/C26H31N3O2/c1-26(2,3)29-25(28-21-13-17-23(31-5)18-14-21)24(19-9-7-6-8-10-19)27-20-11-15-22(30-4)16-12-20/h6-18,24,27H,1-5H3,(H,28,29). The molecule has 0 aliphatic heterocycles. The van der Waals surface area contributed by atoms with E-state index in [0.29, 0.717) is 0 Å². The Morgan fingerprint density at radius 3 is 1.74 bits per heavy atom. The summed E-state index contributed by atoms with van der Waals surface area (Å²) in [5.74, 6) is 2.47. The van der Waals surface area contributed by atoms with Crippen molar-refractivity contribution in [2.45, 2.75) is 32.4 Å². The van der Waals surface area contributed by atoms with Gasteiger partial charge in [-0.25, -0.2) is 0 Å². The fourth-order valence-electron chi connectivity index (χ4n) is 3.16. The molecule has 0 saturated heterocycles. The van der Waals surface area contributed by atoms with Gasteiger partial charge in [-0.05, 0) is 74.9 Å². The maximum atomic E-state index is 5.30. The second-order valence-electron chi connectivity index (χ2n) is 8.24. The normalized spacial score (nSPS) is 12.7. The highest BCUT2D eigenvalue weighted by Gasteiger charge is 2.22. The lowest BCUT2D eigenvalue weighted by atomic mass is 10.0. The molecule has 0 saturated carbocycles. The number of nitrogens with zero attached hydrogens (tertiary/aromatic N) is 1. The van der Waals surface area contributed by atoms with E-state index in [-0.39, 0.29) is 11.6 Å². The van der Waals surface area contributed by atoms with Gasteiger partial charge in [-0.2, -0.15) is 0 Å². The van der Waals surface area contributed by atoms with E-state index in [0.717, 1.165) is 34.3 Å². The van der Waals surface area contributed by atoms with Crippen molar-refractivity contribution in [2.75, 3.05) is 24.9 Å². The molecule has 0 heterocycles. The molecule has 1 unspecified atom stereocenters. The molecule has 31 heavy (non-hydrogen) atoms. The Morgan fingerprint density at radius 1 is 0.742 bits per heavy atom. The van der Waals surface area contributed by atoms with Crippen LogP contribution in [0, 0.1) is 0 Å². The summed E-state index contributed by atoms with van der Waals surface area (Å²) >= 11 is 0. The predicted octanol–water partition coefficient (Wildman–Crippen LogP) is 6.17. The third-order valence-electron chi connectivity index (χ3n) is 4.63. The summed E-state index contributed by atoms with van der Waals surface area (Å²) in [6.45, 7) is 6.29. The second-order valence-corrected chi connectivity index (χ2v) is 8.24. The van der Waals surface area contributed by atoms with Crippen LogP contribution in [-0.4, -0.2) is 25.6 Å². The number of benzene rings is 3. The van der Waals surface area contributed by atoms with E-state index < -0.39 is 0 Å². The minimum atomic E-state index is -0.260. The maximum Gasteiger partial charge on any atom is 0.129 e. The van der Waals surface area contributed by atoms with Gasteiger partial charge in [0.05, 0.1) is 19.8 Å². The zero-order chi connectivity index (χ0) is 22.3. The lowest BCUT2D eigenvalue weighted by Gasteiger charge is -2.26. The second kappa shape index (κ2) is 10.0. The zero-order valence-electron chi connectivity index (χ0n) is 18.8. The maximum absolute atomic E-state index is 5.30. The van der Waals surface area contributed by atoms with E-state index in [4.69, 9.17) is 14.5 Å². The molecule has 0 bridgehead atoms. The molecular weight excluding hydrogens is 386 g/mol. The molecule has 0 fully saturated rings. The van der Waals surface area contributed by atoms with Crippen LogP contribution in [0.25, 0.3) is 0 Å². The Labute approximate surface area is 185 Å². The van der Waals surface area contributed by atoms with Gasteiger partial charge in [0.15, 0.2) is 0 Å². The number of hydrogen-bond donors (Lipinski definition) is 2. The largest absolute Gasteiger partial charge is 0.497 e. The summed E-state index contributed by atoms with van der Waals surface area (Å²) in [7, 11) is 3.33. The number of aliphatic imine (C=N–C) groups is 1. The number of ether oxygens (including phenoxy) is 2. The van der Waals surface area contributed by atoms with Crippen molar-refractivity contribution in [1.82, 2.24) is 0 Å². The van der Waals surface area contributed by atoms with Crippen LogP contribution in [-0.2, 0) is 0 Å². The molecule has 3 rings (SSSR count). The molecular formula is C26H31N3O2. The highest BCUT2D eigenvalue weighted by atomic mass is 16.5. The topological polar surface area (TPSA) is 54.9 Å². The quantitative estimate of drug-likeness (QED) is 0.357. The molecule has 3 aromatic carbocycles. The van der Waals surface area contributed by atoms with E-state index >= 15 is 0 Å². The molecule has 1 atom stereocenters. The Morgan fingerprint density at radius 2 is 1.26 bits per heavy atom. The Kier molecular flexibility index (Phi) is 7.19. The molecule has 0 spiro atoms. The number of anilines is 2. The Balaban J connectivity index is 1.99.